The molecule has 1 rings (SSSR count). The summed E-state index contributed by atoms with van der Waals surface area (Å²) in [6, 6.07) is 0. The van der Waals surface area contributed by atoms with Gasteiger partial charge in [0.15, 0.2) is 0 Å². The van der Waals surface area contributed by atoms with Gasteiger partial charge in [0.1, 0.15) is 6.29 Å². The maximum Gasteiger partial charge on any atom is 0.133 e. The van der Waals surface area contributed by atoms with Crippen LogP contribution in [0.2, 0.25) is 0 Å². The standard InChI is InChI=1S/C8H15NO2/c1-8(11)3-2-4-9(7-8)5-6-10/h6,11H,2-5,7H2,1H3. The number of rotatable bonds is 2. The lowest BCUT2D eigenvalue weighted by Gasteiger charge is -2.35. The molecular formula is C8H15NO2. The highest BCUT2D eigenvalue weighted by Crippen LogP contribution is 2.19. The first kappa shape index (κ1) is 8.68. The maximum atomic E-state index is 10.2. The molecule has 1 heterocycles. The van der Waals surface area contributed by atoms with E-state index in [9.17, 15) is 9.90 Å². The predicted octanol–water partition coefficient (Wildman–Crippen LogP) is 0.0321. The van der Waals surface area contributed by atoms with Gasteiger partial charge < -0.3 is 9.90 Å². The smallest absolute Gasteiger partial charge is 0.133 e. The van der Waals surface area contributed by atoms with Crippen molar-refractivity contribution >= 4 is 6.29 Å². The average Bonchev–Trinajstić information content (AvgIpc) is 1.85. The molecule has 0 spiro atoms. The van der Waals surface area contributed by atoms with Crippen molar-refractivity contribution in [1.82, 2.24) is 4.90 Å². The zero-order valence-electron chi connectivity index (χ0n) is 6.92. The van der Waals surface area contributed by atoms with E-state index in [2.05, 4.69) is 0 Å². The minimum absolute atomic E-state index is 0.455. The first-order valence-corrected chi connectivity index (χ1v) is 4.02. The highest BCUT2D eigenvalue weighted by atomic mass is 16.3. The first-order valence-electron chi connectivity index (χ1n) is 4.02. The number of piperidine rings is 1. The fourth-order valence-corrected chi connectivity index (χ4v) is 1.58. The molecule has 0 aromatic rings. The Hall–Kier alpha value is -0.410. The number of β-amino-alcohol motifs (C(OH)–C–C–N with tert-alkyl or cyclic N) is 1. The SMILES string of the molecule is CC1(O)CCCN(CC=O)C1. The number of likely N-dealkylation sites (tertiary alicyclic amines) is 1. The number of aldehydes is 1. The summed E-state index contributed by atoms with van der Waals surface area (Å²) >= 11 is 0. The summed E-state index contributed by atoms with van der Waals surface area (Å²) in [6.45, 7) is 3.85. The van der Waals surface area contributed by atoms with Crippen LogP contribution in [0.25, 0.3) is 0 Å². The quantitative estimate of drug-likeness (QED) is 0.575. The summed E-state index contributed by atoms with van der Waals surface area (Å²) in [5.74, 6) is 0. The van der Waals surface area contributed by atoms with Crippen molar-refractivity contribution in [2.45, 2.75) is 25.4 Å². The maximum absolute atomic E-state index is 10.2. The molecule has 3 nitrogen and oxygen atoms in total. The van der Waals surface area contributed by atoms with E-state index in [4.69, 9.17) is 0 Å². The van der Waals surface area contributed by atoms with Crippen LogP contribution < -0.4 is 0 Å². The van der Waals surface area contributed by atoms with Crippen molar-refractivity contribution < 1.29 is 9.90 Å². The molecule has 0 amide bonds. The van der Waals surface area contributed by atoms with Crippen molar-refractivity contribution in [3.05, 3.63) is 0 Å². The van der Waals surface area contributed by atoms with E-state index in [1.54, 1.807) is 0 Å². The van der Waals surface area contributed by atoms with Gasteiger partial charge >= 0.3 is 0 Å². The van der Waals surface area contributed by atoms with Gasteiger partial charge in [0, 0.05) is 6.54 Å². The Morgan fingerprint density at radius 2 is 2.45 bits per heavy atom. The Bertz CT molecular complexity index is 145. The van der Waals surface area contributed by atoms with Gasteiger partial charge in [-0.15, -0.1) is 0 Å². The molecule has 1 N–H and O–H groups in total. The van der Waals surface area contributed by atoms with Crippen molar-refractivity contribution in [2.24, 2.45) is 0 Å². The third-order valence-corrected chi connectivity index (χ3v) is 2.09. The number of aliphatic hydroxyl groups is 1. The molecule has 0 aliphatic carbocycles. The molecule has 3 heteroatoms. The van der Waals surface area contributed by atoms with E-state index in [0.29, 0.717) is 13.1 Å². The number of hydrogen-bond acceptors (Lipinski definition) is 3. The minimum atomic E-state index is -0.582. The van der Waals surface area contributed by atoms with Crippen LogP contribution in [0.4, 0.5) is 0 Å². The van der Waals surface area contributed by atoms with Crippen LogP contribution in [0.3, 0.4) is 0 Å². The number of carbonyl (C=O) groups is 1. The molecule has 0 saturated carbocycles. The molecule has 1 unspecified atom stereocenters. The van der Waals surface area contributed by atoms with E-state index in [1.807, 2.05) is 11.8 Å². The van der Waals surface area contributed by atoms with Gasteiger partial charge in [0.05, 0.1) is 12.1 Å². The third kappa shape index (κ3) is 2.60. The Morgan fingerprint density at radius 1 is 1.73 bits per heavy atom. The zero-order chi connectivity index (χ0) is 8.32. The molecule has 1 saturated heterocycles. The van der Waals surface area contributed by atoms with Gasteiger partial charge in [-0.1, -0.05) is 0 Å². The van der Waals surface area contributed by atoms with Crippen LogP contribution in [-0.4, -0.2) is 41.5 Å². The fourth-order valence-electron chi connectivity index (χ4n) is 1.58. The van der Waals surface area contributed by atoms with Crippen LogP contribution in [0, 0.1) is 0 Å². The van der Waals surface area contributed by atoms with Crippen molar-refractivity contribution in [1.29, 1.82) is 0 Å². The molecule has 1 atom stereocenters. The van der Waals surface area contributed by atoms with E-state index >= 15 is 0 Å². The van der Waals surface area contributed by atoms with E-state index in [-0.39, 0.29) is 0 Å². The average molecular weight is 157 g/mol. The zero-order valence-corrected chi connectivity index (χ0v) is 6.92. The molecule has 1 aliphatic rings. The second-order valence-electron chi connectivity index (χ2n) is 3.50. The molecule has 1 fully saturated rings. The molecule has 1 aliphatic heterocycles. The third-order valence-electron chi connectivity index (χ3n) is 2.09. The Labute approximate surface area is 67.0 Å². The Morgan fingerprint density at radius 3 is 3.00 bits per heavy atom. The monoisotopic (exact) mass is 157 g/mol. The lowest BCUT2D eigenvalue weighted by Crippen LogP contribution is -2.46. The van der Waals surface area contributed by atoms with Crippen LogP contribution in [0.1, 0.15) is 19.8 Å². The second-order valence-corrected chi connectivity index (χ2v) is 3.50. The van der Waals surface area contributed by atoms with Gasteiger partial charge in [0.2, 0.25) is 0 Å². The van der Waals surface area contributed by atoms with Crippen molar-refractivity contribution in [3.8, 4) is 0 Å². The fraction of sp³-hybridized carbons (Fsp3) is 0.875. The van der Waals surface area contributed by atoms with E-state index < -0.39 is 5.60 Å². The summed E-state index contributed by atoms with van der Waals surface area (Å²) < 4.78 is 0. The van der Waals surface area contributed by atoms with Gasteiger partial charge in [0.25, 0.3) is 0 Å². The highest BCUT2D eigenvalue weighted by Gasteiger charge is 2.27. The topological polar surface area (TPSA) is 40.5 Å². The molecule has 0 bridgehead atoms. The predicted molar refractivity (Wildman–Crippen MR) is 42.4 cm³/mol. The Balaban J connectivity index is 2.39. The number of nitrogens with zero attached hydrogens (tertiary/aromatic N) is 1. The van der Waals surface area contributed by atoms with Crippen LogP contribution in [0.15, 0.2) is 0 Å². The minimum Gasteiger partial charge on any atom is -0.389 e. The van der Waals surface area contributed by atoms with Crippen LogP contribution in [0.5, 0.6) is 0 Å². The second kappa shape index (κ2) is 3.32. The van der Waals surface area contributed by atoms with Crippen LogP contribution >= 0.6 is 0 Å². The summed E-state index contributed by atoms with van der Waals surface area (Å²) in [6.07, 6.45) is 2.73. The molecule has 11 heavy (non-hydrogen) atoms. The normalized spacial score (nSPS) is 33.6. The van der Waals surface area contributed by atoms with Crippen LogP contribution in [-0.2, 0) is 4.79 Å². The molecule has 0 aromatic carbocycles. The molecule has 0 radical (unpaired) electrons. The van der Waals surface area contributed by atoms with Crippen molar-refractivity contribution in [2.75, 3.05) is 19.6 Å². The Kier molecular flexibility index (Phi) is 2.62. The van der Waals surface area contributed by atoms with Gasteiger partial charge in [-0.25, -0.2) is 0 Å². The molecule has 64 valence electrons. The molecule has 0 aromatic heterocycles. The van der Waals surface area contributed by atoms with Gasteiger partial charge in [-0.2, -0.15) is 0 Å². The van der Waals surface area contributed by atoms with E-state index in [0.717, 1.165) is 25.7 Å². The lowest BCUT2D eigenvalue weighted by molar-refractivity contribution is -0.110. The van der Waals surface area contributed by atoms with Gasteiger partial charge in [-0.3, -0.25) is 4.90 Å². The van der Waals surface area contributed by atoms with E-state index in [1.165, 1.54) is 0 Å². The molecular weight excluding hydrogens is 142 g/mol. The van der Waals surface area contributed by atoms with Crippen molar-refractivity contribution in [3.63, 3.8) is 0 Å². The summed E-state index contributed by atoms with van der Waals surface area (Å²) in [7, 11) is 0. The highest BCUT2D eigenvalue weighted by molar-refractivity contribution is 5.52. The van der Waals surface area contributed by atoms with Gasteiger partial charge in [-0.05, 0) is 26.3 Å². The summed E-state index contributed by atoms with van der Waals surface area (Å²) in [5.41, 5.74) is -0.582. The largest absolute Gasteiger partial charge is 0.389 e. The number of carbonyl (C=O) groups excluding carboxylic acids is 1. The number of hydrogen-bond donors (Lipinski definition) is 1. The summed E-state index contributed by atoms with van der Waals surface area (Å²) in [5, 5.41) is 9.61. The summed E-state index contributed by atoms with van der Waals surface area (Å²) in [4.78, 5) is 12.1. The lowest BCUT2D eigenvalue weighted by atomic mass is 9.95. The first-order chi connectivity index (χ1) is 5.14.